The third-order valence-corrected chi connectivity index (χ3v) is 7.41. The number of ether oxygens (including phenoxy) is 1. The smallest absolute Gasteiger partial charge is 0.309 e. The molecule has 0 heterocycles. The molecular weight excluding hydrogens is 390 g/mol. The second-order valence-electron chi connectivity index (χ2n) is 9.16. The van der Waals surface area contributed by atoms with Gasteiger partial charge in [0.05, 0.1) is 29.0 Å². The zero-order valence-corrected chi connectivity index (χ0v) is 17.2. The number of hydrogen-bond donors (Lipinski definition) is 2. The third kappa shape index (κ3) is 3.46. The normalized spacial score (nSPS) is 35.0. The largest absolute Gasteiger partial charge is 0.481 e. The summed E-state index contributed by atoms with van der Waals surface area (Å²) in [7, 11) is 0. The van der Waals surface area contributed by atoms with Crippen molar-refractivity contribution in [3.05, 3.63) is 29.3 Å². The molecule has 4 aliphatic carbocycles. The van der Waals surface area contributed by atoms with E-state index in [4.69, 9.17) is 27.1 Å². The number of aliphatic imine (C=N–C) groups is 1. The van der Waals surface area contributed by atoms with Gasteiger partial charge in [0.25, 0.3) is 0 Å². The molecule has 5 rings (SSSR count). The Morgan fingerprint density at radius 2 is 2.03 bits per heavy atom. The molecule has 0 amide bonds. The van der Waals surface area contributed by atoms with Crippen molar-refractivity contribution in [3.63, 3.8) is 0 Å². The van der Waals surface area contributed by atoms with Gasteiger partial charge in [0.2, 0.25) is 0 Å². The van der Waals surface area contributed by atoms with E-state index in [9.17, 15) is 15.2 Å². The number of para-hydroxylation sites is 1. The van der Waals surface area contributed by atoms with Gasteiger partial charge in [-0.15, -0.1) is 0 Å². The summed E-state index contributed by atoms with van der Waals surface area (Å²) < 4.78 is 6.08. The van der Waals surface area contributed by atoms with Crippen molar-refractivity contribution in [2.45, 2.75) is 57.1 Å². The van der Waals surface area contributed by atoms with Gasteiger partial charge in [-0.25, -0.2) is 0 Å². The van der Waals surface area contributed by atoms with Crippen LogP contribution < -0.4 is 10.5 Å². The number of amidine groups is 1. The fourth-order valence-electron chi connectivity index (χ4n) is 5.87. The first-order valence-electron chi connectivity index (χ1n) is 10.1. The average molecular weight is 416 g/mol. The molecule has 3 atom stereocenters. The van der Waals surface area contributed by atoms with Crippen molar-refractivity contribution < 1.29 is 14.6 Å². The minimum Gasteiger partial charge on any atom is -0.481 e. The van der Waals surface area contributed by atoms with Crippen molar-refractivity contribution in [1.29, 1.82) is 5.26 Å². The van der Waals surface area contributed by atoms with Crippen molar-refractivity contribution in [3.8, 4) is 11.8 Å². The number of halogens is 1. The van der Waals surface area contributed by atoms with E-state index < -0.39 is 17.0 Å². The SMILES string of the molecule is CC(CC#N)(Oc1ccccc1Cl)C(N)=NC1C2CC3CC1CC(C(=O)O)(C3)C2. The molecule has 4 bridgehead atoms. The molecule has 7 heteroatoms. The van der Waals surface area contributed by atoms with Crippen molar-refractivity contribution in [2.75, 3.05) is 0 Å². The molecule has 1 aromatic carbocycles. The van der Waals surface area contributed by atoms with E-state index in [1.165, 1.54) is 0 Å². The van der Waals surface area contributed by atoms with Crippen LogP contribution in [0.5, 0.6) is 5.75 Å². The number of benzene rings is 1. The number of carbonyl (C=O) groups is 1. The third-order valence-electron chi connectivity index (χ3n) is 7.10. The highest BCUT2D eigenvalue weighted by atomic mass is 35.5. The van der Waals surface area contributed by atoms with Gasteiger partial charge in [0, 0.05) is 0 Å². The van der Waals surface area contributed by atoms with Crippen LogP contribution in [0.3, 0.4) is 0 Å². The lowest BCUT2D eigenvalue weighted by molar-refractivity contribution is -0.166. The molecule has 0 aliphatic heterocycles. The molecule has 4 fully saturated rings. The van der Waals surface area contributed by atoms with E-state index in [-0.39, 0.29) is 30.1 Å². The molecular formula is C22H26ClN3O3. The number of nitrogens with zero attached hydrogens (tertiary/aromatic N) is 2. The minimum atomic E-state index is -1.10. The number of rotatable bonds is 6. The van der Waals surface area contributed by atoms with E-state index in [1.54, 1.807) is 25.1 Å². The molecule has 4 aliphatic rings. The number of carboxylic acid groups (broad SMARTS) is 1. The summed E-state index contributed by atoms with van der Waals surface area (Å²) in [5.41, 5.74) is 4.74. The number of nitriles is 1. The molecule has 6 nitrogen and oxygen atoms in total. The molecule has 154 valence electrons. The molecule has 3 unspecified atom stereocenters. The average Bonchev–Trinajstić information content (AvgIpc) is 2.66. The van der Waals surface area contributed by atoms with E-state index in [1.807, 2.05) is 6.07 Å². The standard InChI is InChI=1S/C22H26ClN3O3/c1-21(6-7-24,29-17-5-3-2-4-16(17)23)19(25)26-18-14-8-13-9-15(18)12-22(10-13,11-14)20(27)28/h2-5,13-15,18H,6,8-12H2,1H3,(H2,25,26)(H,27,28). The maximum atomic E-state index is 11.9. The van der Waals surface area contributed by atoms with E-state index >= 15 is 0 Å². The van der Waals surface area contributed by atoms with Crippen molar-refractivity contribution in [1.82, 2.24) is 0 Å². The second kappa shape index (κ2) is 7.21. The fraction of sp³-hybridized carbons (Fsp3) is 0.591. The number of aliphatic carboxylic acids is 1. The molecule has 0 radical (unpaired) electrons. The molecule has 1 aromatic rings. The van der Waals surface area contributed by atoms with Gasteiger partial charge in [-0.3, -0.25) is 9.79 Å². The molecule has 29 heavy (non-hydrogen) atoms. The Labute approximate surface area is 175 Å². The monoisotopic (exact) mass is 415 g/mol. The lowest BCUT2D eigenvalue weighted by Crippen LogP contribution is -2.57. The number of hydrogen-bond acceptors (Lipinski definition) is 4. The maximum absolute atomic E-state index is 11.9. The van der Waals surface area contributed by atoms with Gasteiger partial charge < -0.3 is 15.6 Å². The highest BCUT2D eigenvalue weighted by molar-refractivity contribution is 6.32. The van der Waals surface area contributed by atoms with Crippen LogP contribution in [0.2, 0.25) is 5.02 Å². The van der Waals surface area contributed by atoms with Crippen LogP contribution in [-0.2, 0) is 4.79 Å². The summed E-state index contributed by atoms with van der Waals surface area (Å²) in [6, 6.07) is 9.22. The zero-order valence-electron chi connectivity index (χ0n) is 16.5. The summed E-state index contributed by atoms with van der Waals surface area (Å²) in [6.07, 6.45) is 4.18. The molecule has 4 saturated carbocycles. The topological polar surface area (TPSA) is 109 Å². The minimum absolute atomic E-state index is 0.00751. The highest BCUT2D eigenvalue weighted by Crippen LogP contribution is 2.61. The Bertz CT molecular complexity index is 880. The molecule has 3 N–H and O–H groups in total. The maximum Gasteiger partial charge on any atom is 0.309 e. The summed E-state index contributed by atoms with van der Waals surface area (Å²) in [5, 5.41) is 19.6. The van der Waals surface area contributed by atoms with Gasteiger partial charge in [-0.1, -0.05) is 23.7 Å². The van der Waals surface area contributed by atoms with Crippen LogP contribution in [0.15, 0.2) is 29.3 Å². The highest BCUT2D eigenvalue weighted by Gasteiger charge is 2.59. The molecule has 0 spiro atoms. The van der Waals surface area contributed by atoms with Gasteiger partial charge in [0.1, 0.15) is 11.6 Å². The van der Waals surface area contributed by atoms with Crippen LogP contribution in [0.4, 0.5) is 0 Å². The summed E-state index contributed by atoms with van der Waals surface area (Å²) >= 11 is 6.23. The summed E-state index contributed by atoms with van der Waals surface area (Å²) in [4.78, 5) is 16.8. The lowest BCUT2D eigenvalue weighted by Gasteiger charge is -2.57. The molecule has 0 saturated heterocycles. The number of carboxylic acids is 1. The van der Waals surface area contributed by atoms with Crippen molar-refractivity contribution in [2.24, 2.45) is 33.9 Å². The first-order valence-corrected chi connectivity index (χ1v) is 10.5. The second-order valence-corrected chi connectivity index (χ2v) is 9.57. The van der Waals surface area contributed by atoms with Gasteiger partial charge in [0.15, 0.2) is 5.60 Å². The Morgan fingerprint density at radius 1 is 1.38 bits per heavy atom. The van der Waals surface area contributed by atoms with Crippen LogP contribution >= 0.6 is 11.6 Å². The predicted octanol–water partition coefficient (Wildman–Crippen LogP) is 4.03. The summed E-state index contributed by atoms with van der Waals surface area (Å²) in [6.45, 7) is 1.76. The van der Waals surface area contributed by atoms with E-state index in [2.05, 4.69) is 6.07 Å². The Hall–Kier alpha value is -2.26. The lowest BCUT2D eigenvalue weighted by atomic mass is 9.48. The quantitative estimate of drug-likeness (QED) is 0.538. The first-order chi connectivity index (χ1) is 13.8. The summed E-state index contributed by atoms with van der Waals surface area (Å²) in [5.74, 6) is 0.996. The van der Waals surface area contributed by atoms with Crippen molar-refractivity contribution >= 4 is 23.4 Å². The van der Waals surface area contributed by atoms with Gasteiger partial charge in [-0.05, 0) is 68.9 Å². The van der Waals surface area contributed by atoms with E-state index in [0.717, 1.165) is 19.3 Å². The van der Waals surface area contributed by atoms with Gasteiger partial charge in [-0.2, -0.15) is 5.26 Å². The molecule has 0 aromatic heterocycles. The Kier molecular flexibility index (Phi) is 4.98. The van der Waals surface area contributed by atoms with Crippen LogP contribution in [-0.4, -0.2) is 28.6 Å². The van der Waals surface area contributed by atoms with Crippen LogP contribution in [0, 0.1) is 34.5 Å². The Morgan fingerprint density at radius 3 is 2.62 bits per heavy atom. The number of nitrogens with two attached hydrogens (primary N) is 1. The first kappa shape index (κ1) is 20.0. The van der Waals surface area contributed by atoms with Crippen LogP contribution in [0.25, 0.3) is 0 Å². The fourth-order valence-corrected chi connectivity index (χ4v) is 6.04. The predicted molar refractivity (Wildman–Crippen MR) is 110 cm³/mol. The van der Waals surface area contributed by atoms with E-state index in [0.29, 0.717) is 29.5 Å². The van der Waals surface area contributed by atoms with Crippen LogP contribution in [0.1, 0.15) is 45.4 Å². The van der Waals surface area contributed by atoms with Gasteiger partial charge >= 0.3 is 5.97 Å². The Balaban J connectivity index is 1.60. The zero-order chi connectivity index (χ0) is 20.8.